The van der Waals surface area contributed by atoms with E-state index in [0.717, 1.165) is 13.1 Å². The second-order valence-corrected chi connectivity index (χ2v) is 8.54. The van der Waals surface area contributed by atoms with Gasteiger partial charge in [0.05, 0.1) is 12.2 Å². The molecule has 2 nitrogen and oxygen atoms in total. The quantitative estimate of drug-likeness (QED) is 0.695. The molecular formula is C17H18N2S3. The summed E-state index contributed by atoms with van der Waals surface area (Å²) < 4.78 is 1.41. The van der Waals surface area contributed by atoms with Gasteiger partial charge >= 0.3 is 0 Å². The molecule has 2 aliphatic heterocycles. The molecule has 2 aromatic rings. The Hall–Kier alpha value is -0.910. The molecular weight excluding hydrogens is 328 g/mol. The maximum Gasteiger partial charge on any atom is 0.168 e. The van der Waals surface area contributed by atoms with Crippen LogP contribution in [0.1, 0.15) is 19.4 Å². The smallest absolute Gasteiger partial charge is 0.168 e. The lowest BCUT2D eigenvalue weighted by Gasteiger charge is -2.19. The molecule has 0 fully saturated rings. The standard InChI is InChI=1S/C17H18N2S3/c1-10(2)15-14(19-8-7-18-17(19)22-15)11-4-5-13(20-3)16-12(11)6-9-21-16/h4-6,9-10H,7-8H2,1-3H3. The van der Waals surface area contributed by atoms with E-state index in [4.69, 9.17) is 0 Å². The van der Waals surface area contributed by atoms with Gasteiger partial charge in [-0.25, -0.2) is 0 Å². The largest absolute Gasteiger partial charge is 0.318 e. The van der Waals surface area contributed by atoms with Gasteiger partial charge in [-0.05, 0) is 29.7 Å². The van der Waals surface area contributed by atoms with Crippen LogP contribution in [0.25, 0.3) is 15.8 Å². The van der Waals surface area contributed by atoms with E-state index in [1.807, 2.05) is 34.9 Å². The van der Waals surface area contributed by atoms with E-state index < -0.39 is 0 Å². The number of amidine groups is 1. The van der Waals surface area contributed by atoms with Crippen molar-refractivity contribution in [1.82, 2.24) is 4.90 Å². The second-order valence-electron chi connectivity index (χ2n) is 5.76. The number of allylic oxidation sites excluding steroid dienone is 1. The minimum absolute atomic E-state index is 0.530. The summed E-state index contributed by atoms with van der Waals surface area (Å²) in [6.45, 7) is 6.51. The molecule has 0 atom stereocenters. The molecule has 2 aliphatic rings. The number of rotatable bonds is 3. The number of thioether (sulfide) groups is 2. The summed E-state index contributed by atoms with van der Waals surface area (Å²) >= 11 is 5.55. The lowest BCUT2D eigenvalue weighted by molar-refractivity contribution is 0.641. The van der Waals surface area contributed by atoms with Crippen molar-refractivity contribution in [3.05, 3.63) is 34.0 Å². The first kappa shape index (κ1) is 14.7. The zero-order chi connectivity index (χ0) is 15.3. The second kappa shape index (κ2) is 5.62. The number of aliphatic imine (C=N–C) groups is 1. The van der Waals surface area contributed by atoms with Crippen LogP contribution < -0.4 is 0 Å². The Morgan fingerprint density at radius 3 is 2.91 bits per heavy atom. The van der Waals surface area contributed by atoms with Crippen molar-refractivity contribution in [2.24, 2.45) is 10.9 Å². The van der Waals surface area contributed by atoms with E-state index >= 15 is 0 Å². The van der Waals surface area contributed by atoms with Crippen LogP contribution >= 0.6 is 34.9 Å². The average molecular weight is 347 g/mol. The van der Waals surface area contributed by atoms with Gasteiger partial charge in [-0.3, -0.25) is 4.99 Å². The van der Waals surface area contributed by atoms with Gasteiger partial charge in [0.15, 0.2) is 5.17 Å². The number of hydrogen-bond acceptors (Lipinski definition) is 5. The Kier molecular flexibility index (Phi) is 3.75. The van der Waals surface area contributed by atoms with Gasteiger partial charge in [-0.2, -0.15) is 0 Å². The van der Waals surface area contributed by atoms with Gasteiger partial charge in [-0.15, -0.1) is 23.1 Å². The summed E-state index contributed by atoms with van der Waals surface area (Å²) in [5, 5.41) is 4.79. The highest BCUT2D eigenvalue weighted by atomic mass is 32.2. The maximum atomic E-state index is 4.67. The number of benzene rings is 1. The molecule has 0 spiro atoms. The Bertz CT molecular complexity index is 801. The van der Waals surface area contributed by atoms with Gasteiger partial charge in [0, 0.05) is 32.0 Å². The van der Waals surface area contributed by atoms with Crippen LogP contribution in [0, 0.1) is 5.92 Å². The zero-order valence-electron chi connectivity index (χ0n) is 12.9. The molecule has 114 valence electrons. The lowest BCUT2D eigenvalue weighted by atomic mass is 10.0. The average Bonchev–Trinajstić information content (AvgIpc) is 3.20. The van der Waals surface area contributed by atoms with Crippen molar-refractivity contribution in [2.75, 3.05) is 19.3 Å². The SMILES string of the molecule is CSc1ccc(C2=C(C(C)C)SC3=NCCN32)c2ccsc12. The number of fused-ring (bicyclic) bond motifs is 2. The third-order valence-corrected chi connectivity index (χ3v) is 7.36. The molecule has 1 aromatic carbocycles. The van der Waals surface area contributed by atoms with Gasteiger partial charge < -0.3 is 4.90 Å². The van der Waals surface area contributed by atoms with Crippen molar-refractivity contribution >= 4 is 55.8 Å². The predicted octanol–water partition coefficient (Wildman–Crippen LogP) is 5.37. The fourth-order valence-electron chi connectivity index (χ4n) is 3.07. The molecule has 1 aromatic heterocycles. The van der Waals surface area contributed by atoms with Crippen LogP contribution in [-0.2, 0) is 0 Å². The Morgan fingerprint density at radius 1 is 1.27 bits per heavy atom. The Balaban J connectivity index is 1.95. The number of nitrogens with zero attached hydrogens (tertiary/aromatic N) is 2. The highest BCUT2D eigenvalue weighted by Crippen LogP contribution is 2.47. The first-order valence-corrected chi connectivity index (χ1v) is 10.4. The van der Waals surface area contributed by atoms with E-state index in [0.29, 0.717) is 5.92 Å². The molecule has 0 amide bonds. The van der Waals surface area contributed by atoms with E-state index in [-0.39, 0.29) is 0 Å². The molecule has 5 heteroatoms. The predicted molar refractivity (Wildman–Crippen MR) is 102 cm³/mol. The highest BCUT2D eigenvalue weighted by Gasteiger charge is 2.34. The van der Waals surface area contributed by atoms with Crippen molar-refractivity contribution in [3.8, 4) is 0 Å². The molecule has 0 bridgehead atoms. The number of hydrogen-bond donors (Lipinski definition) is 0. The summed E-state index contributed by atoms with van der Waals surface area (Å²) in [7, 11) is 0. The number of thiophene rings is 1. The highest BCUT2D eigenvalue weighted by molar-refractivity contribution is 8.17. The van der Waals surface area contributed by atoms with E-state index in [1.165, 1.54) is 36.3 Å². The summed E-state index contributed by atoms with van der Waals surface area (Å²) in [6.07, 6.45) is 2.16. The molecule has 0 saturated carbocycles. The molecule has 0 N–H and O–H groups in total. The molecule has 0 saturated heterocycles. The first-order chi connectivity index (χ1) is 10.7. The Morgan fingerprint density at radius 2 is 2.14 bits per heavy atom. The third-order valence-electron chi connectivity index (χ3n) is 4.09. The van der Waals surface area contributed by atoms with E-state index in [2.05, 4.69) is 53.6 Å². The van der Waals surface area contributed by atoms with E-state index in [9.17, 15) is 0 Å². The van der Waals surface area contributed by atoms with Crippen molar-refractivity contribution in [2.45, 2.75) is 18.7 Å². The minimum atomic E-state index is 0.530. The van der Waals surface area contributed by atoms with Crippen molar-refractivity contribution in [3.63, 3.8) is 0 Å². The summed E-state index contributed by atoms with van der Waals surface area (Å²) in [5.41, 5.74) is 2.77. The van der Waals surface area contributed by atoms with Gasteiger partial charge in [0.2, 0.25) is 0 Å². The monoisotopic (exact) mass is 346 g/mol. The minimum Gasteiger partial charge on any atom is -0.318 e. The van der Waals surface area contributed by atoms with Crippen LogP contribution in [0.2, 0.25) is 0 Å². The van der Waals surface area contributed by atoms with Crippen LogP contribution in [0.15, 0.2) is 38.4 Å². The molecule has 4 rings (SSSR count). The first-order valence-electron chi connectivity index (χ1n) is 7.49. The summed E-state index contributed by atoms with van der Waals surface area (Å²) in [6, 6.07) is 6.86. The zero-order valence-corrected chi connectivity index (χ0v) is 15.4. The van der Waals surface area contributed by atoms with Gasteiger partial charge in [0.1, 0.15) is 0 Å². The van der Waals surface area contributed by atoms with E-state index in [1.54, 1.807) is 0 Å². The topological polar surface area (TPSA) is 15.6 Å². The van der Waals surface area contributed by atoms with Crippen LogP contribution in [0.5, 0.6) is 0 Å². The molecule has 22 heavy (non-hydrogen) atoms. The summed E-state index contributed by atoms with van der Waals surface area (Å²) in [5.74, 6) is 0.530. The Labute approximate surface area is 143 Å². The third kappa shape index (κ3) is 2.14. The normalized spacial score (nSPS) is 17.8. The fraction of sp³-hybridized carbons (Fsp3) is 0.353. The van der Waals surface area contributed by atoms with Crippen molar-refractivity contribution in [1.29, 1.82) is 0 Å². The fourth-order valence-corrected chi connectivity index (χ4v) is 6.00. The van der Waals surface area contributed by atoms with Crippen LogP contribution in [-0.4, -0.2) is 29.4 Å². The van der Waals surface area contributed by atoms with Crippen LogP contribution in [0.3, 0.4) is 0 Å². The molecule has 0 unspecified atom stereocenters. The molecule has 3 heterocycles. The molecule has 0 aliphatic carbocycles. The maximum absolute atomic E-state index is 4.67. The van der Waals surface area contributed by atoms with Gasteiger partial charge in [0.25, 0.3) is 0 Å². The van der Waals surface area contributed by atoms with Gasteiger partial charge in [-0.1, -0.05) is 31.7 Å². The summed E-state index contributed by atoms with van der Waals surface area (Å²) in [4.78, 5) is 9.93. The van der Waals surface area contributed by atoms with Crippen molar-refractivity contribution < 1.29 is 0 Å². The molecule has 0 radical (unpaired) electrons. The lowest BCUT2D eigenvalue weighted by Crippen LogP contribution is -2.20. The van der Waals surface area contributed by atoms with Crippen LogP contribution in [0.4, 0.5) is 0 Å².